The second-order valence-corrected chi connectivity index (χ2v) is 5.49. The van der Waals surface area contributed by atoms with Crippen molar-refractivity contribution in [3.8, 4) is 0 Å². The monoisotopic (exact) mass is 280 g/mol. The highest BCUT2D eigenvalue weighted by molar-refractivity contribution is 5.95. The molecule has 0 aromatic heterocycles. The number of carbonyl (C=O) groups is 1. The first kappa shape index (κ1) is 14.2. The van der Waals surface area contributed by atoms with Crippen LogP contribution in [0.15, 0.2) is 18.2 Å². The van der Waals surface area contributed by atoms with Crippen LogP contribution in [0.5, 0.6) is 0 Å². The quantitative estimate of drug-likeness (QED) is 0.893. The molecule has 1 aliphatic heterocycles. The van der Waals surface area contributed by atoms with E-state index in [-0.39, 0.29) is 23.9 Å². The Morgan fingerprint density at radius 3 is 2.84 bits per heavy atom. The van der Waals surface area contributed by atoms with Crippen LogP contribution in [0.25, 0.3) is 0 Å². The molecule has 19 heavy (non-hydrogen) atoms. The van der Waals surface area contributed by atoms with E-state index >= 15 is 0 Å². The number of fused-ring (bicyclic) bond motifs is 1. The molecule has 0 radical (unpaired) electrons. The lowest BCUT2D eigenvalue weighted by atomic mass is 9.74. The first-order chi connectivity index (χ1) is 8.72. The zero-order chi connectivity index (χ0) is 12.6. The molecule has 0 bridgehead atoms. The zero-order valence-corrected chi connectivity index (χ0v) is 12.1. The van der Waals surface area contributed by atoms with Crippen LogP contribution in [0.2, 0.25) is 0 Å². The van der Waals surface area contributed by atoms with Crippen molar-refractivity contribution in [1.29, 1.82) is 0 Å². The number of hydrogen-bond acceptors (Lipinski definition) is 2. The number of nitrogens with one attached hydrogen (secondary N) is 2. The molecular weight excluding hydrogens is 260 g/mol. The molecule has 0 spiro atoms. The van der Waals surface area contributed by atoms with Gasteiger partial charge in [0.25, 0.3) is 5.91 Å². The molecule has 2 aliphatic rings. The second kappa shape index (κ2) is 5.41. The van der Waals surface area contributed by atoms with Gasteiger partial charge in [-0.05, 0) is 55.9 Å². The lowest BCUT2D eigenvalue weighted by Gasteiger charge is -2.42. The van der Waals surface area contributed by atoms with Crippen LogP contribution in [0.3, 0.4) is 0 Å². The molecule has 2 N–H and O–H groups in total. The molecule has 0 unspecified atom stereocenters. The van der Waals surface area contributed by atoms with Gasteiger partial charge in [0, 0.05) is 23.3 Å². The Balaban J connectivity index is 0.00000133. The van der Waals surface area contributed by atoms with Crippen molar-refractivity contribution in [2.24, 2.45) is 0 Å². The summed E-state index contributed by atoms with van der Waals surface area (Å²) in [6, 6.07) is 5.98. The van der Waals surface area contributed by atoms with Gasteiger partial charge in [-0.3, -0.25) is 4.79 Å². The highest BCUT2D eigenvalue weighted by Crippen LogP contribution is 2.35. The summed E-state index contributed by atoms with van der Waals surface area (Å²) in [6.45, 7) is 3.14. The van der Waals surface area contributed by atoms with Gasteiger partial charge in [0.2, 0.25) is 0 Å². The third kappa shape index (κ3) is 2.57. The maximum atomic E-state index is 12.3. The number of benzene rings is 1. The zero-order valence-electron chi connectivity index (χ0n) is 11.3. The molecule has 1 heterocycles. The molecule has 1 amide bonds. The molecule has 1 fully saturated rings. The smallest absolute Gasteiger partial charge is 0.251 e. The van der Waals surface area contributed by atoms with Crippen LogP contribution in [-0.2, 0) is 6.42 Å². The van der Waals surface area contributed by atoms with Gasteiger partial charge in [-0.1, -0.05) is 6.92 Å². The van der Waals surface area contributed by atoms with Crippen LogP contribution in [0, 0.1) is 0 Å². The summed E-state index contributed by atoms with van der Waals surface area (Å²) in [5.41, 5.74) is 3.33. The van der Waals surface area contributed by atoms with Crippen molar-refractivity contribution in [3.05, 3.63) is 29.3 Å². The fourth-order valence-electron chi connectivity index (χ4n) is 2.93. The average Bonchev–Trinajstić information content (AvgIpc) is 2.80. The Bertz CT molecular complexity index is 478. The fourth-order valence-corrected chi connectivity index (χ4v) is 2.93. The third-order valence-corrected chi connectivity index (χ3v) is 4.44. The van der Waals surface area contributed by atoms with Crippen LogP contribution in [0.1, 0.15) is 48.5 Å². The van der Waals surface area contributed by atoms with E-state index < -0.39 is 0 Å². The SMILES string of the molecule is CCC1(NC(=O)c2ccc3c(c2)CCN3)CCC1.Cl. The highest BCUT2D eigenvalue weighted by atomic mass is 35.5. The topological polar surface area (TPSA) is 41.1 Å². The first-order valence-corrected chi connectivity index (χ1v) is 6.92. The standard InChI is InChI=1S/C15H20N2O.ClH/c1-2-15(7-3-8-15)17-14(18)12-4-5-13-11(10-12)6-9-16-13;/h4-5,10,16H,2-3,6-9H2,1H3,(H,17,18);1H. The second-order valence-electron chi connectivity index (χ2n) is 5.49. The normalized spacial score (nSPS) is 18.6. The molecule has 3 nitrogen and oxygen atoms in total. The van der Waals surface area contributed by atoms with E-state index in [9.17, 15) is 4.79 Å². The lowest BCUT2D eigenvalue weighted by molar-refractivity contribution is 0.0820. The van der Waals surface area contributed by atoms with Gasteiger partial charge in [0.1, 0.15) is 0 Å². The van der Waals surface area contributed by atoms with E-state index in [4.69, 9.17) is 0 Å². The molecule has 1 saturated carbocycles. The summed E-state index contributed by atoms with van der Waals surface area (Å²) < 4.78 is 0. The Morgan fingerprint density at radius 1 is 1.42 bits per heavy atom. The van der Waals surface area contributed by atoms with Gasteiger partial charge in [-0.2, -0.15) is 0 Å². The van der Waals surface area contributed by atoms with E-state index in [1.807, 2.05) is 18.2 Å². The van der Waals surface area contributed by atoms with Crippen molar-refractivity contribution in [2.75, 3.05) is 11.9 Å². The molecule has 0 atom stereocenters. The minimum absolute atomic E-state index is 0. The molecule has 1 aromatic rings. The van der Waals surface area contributed by atoms with Crippen LogP contribution in [-0.4, -0.2) is 18.0 Å². The van der Waals surface area contributed by atoms with Crippen molar-refractivity contribution < 1.29 is 4.79 Å². The van der Waals surface area contributed by atoms with Crippen molar-refractivity contribution >= 4 is 24.0 Å². The Morgan fingerprint density at radius 2 is 2.21 bits per heavy atom. The predicted molar refractivity (Wildman–Crippen MR) is 80.2 cm³/mol. The number of carbonyl (C=O) groups excluding carboxylic acids is 1. The minimum atomic E-state index is 0. The summed E-state index contributed by atoms with van der Waals surface area (Å²) in [7, 11) is 0. The Labute approximate surface area is 120 Å². The Kier molecular flexibility index (Phi) is 4.04. The average molecular weight is 281 g/mol. The van der Waals surface area contributed by atoms with E-state index in [0.717, 1.165) is 37.8 Å². The van der Waals surface area contributed by atoms with E-state index in [2.05, 4.69) is 17.6 Å². The molecule has 0 saturated heterocycles. The number of amides is 1. The molecule has 1 aromatic carbocycles. The maximum Gasteiger partial charge on any atom is 0.251 e. The lowest BCUT2D eigenvalue weighted by Crippen LogP contribution is -2.52. The van der Waals surface area contributed by atoms with Crippen LogP contribution >= 0.6 is 12.4 Å². The summed E-state index contributed by atoms with van der Waals surface area (Å²) in [4.78, 5) is 12.3. The first-order valence-electron chi connectivity index (χ1n) is 6.92. The summed E-state index contributed by atoms with van der Waals surface area (Å²) in [6.07, 6.45) is 5.55. The summed E-state index contributed by atoms with van der Waals surface area (Å²) in [5.74, 6) is 0.0891. The molecular formula is C15H21ClN2O. The van der Waals surface area contributed by atoms with E-state index in [1.165, 1.54) is 17.7 Å². The highest BCUT2D eigenvalue weighted by Gasteiger charge is 2.36. The molecule has 3 rings (SSSR count). The van der Waals surface area contributed by atoms with E-state index in [0.29, 0.717) is 0 Å². The molecule has 1 aliphatic carbocycles. The van der Waals surface area contributed by atoms with Crippen molar-refractivity contribution in [3.63, 3.8) is 0 Å². The number of hydrogen-bond donors (Lipinski definition) is 2. The van der Waals surface area contributed by atoms with Crippen LogP contribution < -0.4 is 10.6 Å². The van der Waals surface area contributed by atoms with E-state index in [1.54, 1.807) is 0 Å². The number of rotatable bonds is 3. The number of anilines is 1. The maximum absolute atomic E-state index is 12.3. The van der Waals surface area contributed by atoms with Gasteiger partial charge in [-0.15, -0.1) is 12.4 Å². The summed E-state index contributed by atoms with van der Waals surface area (Å²) in [5, 5.41) is 6.54. The van der Waals surface area contributed by atoms with Crippen molar-refractivity contribution in [1.82, 2.24) is 5.32 Å². The summed E-state index contributed by atoms with van der Waals surface area (Å²) >= 11 is 0. The third-order valence-electron chi connectivity index (χ3n) is 4.44. The fraction of sp³-hybridized carbons (Fsp3) is 0.533. The van der Waals surface area contributed by atoms with Crippen molar-refractivity contribution in [2.45, 2.75) is 44.6 Å². The van der Waals surface area contributed by atoms with Gasteiger partial charge in [0.15, 0.2) is 0 Å². The number of halogens is 1. The Hall–Kier alpha value is -1.22. The van der Waals surface area contributed by atoms with Gasteiger partial charge < -0.3 is 10.6 Å². The molecule has 104 valence electrons. The minimum Gasteiger partial charge on any atom is -0.384 e. The largest absolute Gasteiger partial charge is 0.384 e. The predicted octanol–water partition coefficient (Wildman–Crippen LogP) is 3.14. The van der Waals surface area contributed by atoms with Gasteiger partial charge in [-0.25, -0.2) is 0 Å². The molecule has 4 heteroatoms. The van der Waals surface area contributed by atoms with Gasteiger partial charge >= 0.3 is 0 Å². The van der Waals surface area contributed by atoms with Gasteiger partial charge in [0.05, 0.1) is 0 Å². The van der Waals surface area contributed by atoms with Crippen LogP contribution in [0.4, 0.5) is 5.69 Å².